The van der Waals surface area contributed by atoms with Gasteiger partial charge in [0.05, 0.1) is 18.8 Å². The first-order valence-corrected chi connectivity index (χ1v) is 8.78. The first-order chi connectivity index (χ1) is 11.7. The van der Waals surface area contributed by atoms with Gasteiger partial charge in [-0.2, -0.15) is 0 Å². The molecule has 1 heterocycles. The second-order valence-electron chi connectivity index (χ2n) is 7.52. The number of carbonyl (C=O) groups excluding carboxylic acids is 2. The topological polar surface area (TPSA) is 69.1 Å². The number of ether oxygens (including phenoxy) is 2. The van der Waals surface area contributed by atoms with Crippen molar-refractivity contribution in [3.05, 3.63) is 35.4 Å². The van der Waals surface area contributed by atoms with E-state index in [4.69, 9.17) is 9.47 Å². The van der Waals surface area contributed by atoms with Gasteiger partial charge in [0.15, 0.2) is 6.10 Å². The Morgan fingerprint density at radius 1 is 1.20 bits per heavy atom. The van der Waals surface area contributed by atoms with Gasteiger partial charge in [0.1, 0.15) is 19.6 Å². The predicted octanol–water partition coefficient (Wildman–Crippen LogP) is 0.562. The average Bonchev–Trinajstić information content (AvgIpc) is 2.54. The van der Waals surface area contributed by atoms with Crippen LogP contribution < -0.4 is 10.2 Å². The van der Waals surface area contributed by atoms with E-state index >= 15 is 0 Å². The van der Waals surface area contributed by atoms with Crippen molar-refractivity contribution in [3.8, 4) is 0 Å². The maximum Gasteiger partial charge on any atom is 0.338 e. The fraction of sp³-hybridized carbons (Fsp3) is 0.579. The molecule has 138 valence electrons. The standard InChI is InChI=1S/C19H28N2O4/c1-14(17(22)20-19(2,3)4)25-18(23)16-7-5-15(6-8-16)13-21-9-11-24-12-10-21/h5-8,14H,9-13H2,1-4H3,(H,20,22)/p+1/t14-/m1/s1. The van der Waals surface area contributed by atoms with Crippen LogP contribution in [0.4, 0.5) is 0 Å². The molecular formula is C19H29N2O4+. The number of amides is 1. The smallest absolute Gasteiger partial charge is 0.338 e. The molecule has 1 atom stereocenters. The minimum Gasteiger partial charge on any atom is -0.449 e. The lowest BCUT2D eigenvalue weighted by atomic mass is 10.1. The summed E-state index contributed by atoms with van der Waals surface area (Å²) in [5.41, 5.74) is 1.27. The molecule has 0 aromatic heterocycles. The highest BCUT2D eigenvalue weighted by Crippen LogP contribution is 2.08. The molecule has 0 spiro atoms. The fourth-order valence-corrected chi connectivity index (χ4v) is 2.64. The predicted molar refractivity (Wildman–Crippen MR) is 94.4 cm³/mol. The Hall–Kier alpha value is -1.92. The molecule has 0 unspecified atom stereocenters. The molecule has 1 aliphatic rings. The quantitative estimate of drug-likeness (QED) is 0.763. The van der Waals surface area contributed by atoms with Gasteiger partial charge in [-0.15, -0.1) is 0 Å². The zero-order chi connectivity index (χ0) is 18.4. The van der Waals surface area contributed by atoms with E-state index in [-0.39, 0.29) is 11.4 Å². The van der Waals surface area contributed by atoms with E-state index in [0.717, 1.165) is 32.8 Å². The van der Waals surface area contributed by atoms with Crippen molar-refractivity contribution in [1.29, 1.82) is 0 Å². The molecule has 1 fully saturated rings. The van der Waals surface area contributed by atoms with E-state index in [2.05, 4.69) is 5.32 Å². The van der Waals surface area contributed by atoms with Gasteiger partial charge in [0.25, 0.3) is 5.91 Å². The molecule has 6 nitrogen and oxygen atoms in total. The molecule has 1 saturated heterocycles. The maximum atomic E-state index is 12.2. The van der Waals surface area contributed by atoms with Crippen molar-refractivity contribution in [1.82, 2.24) is 5.32 Å². The summed E-state index contributed by atoms with van der Waals surface area (Å²) >= 11 is 0. The van der Waals surface area contributed by atoms with Crippen molar-refractivity contribution in [3.63, 3.8) is 0 Å². The Bertz CT molecular complexity index is 586. The first-order valence-electron chi connectivity index (χ1n) is 8.78. The average molecular weight is 349 g/mol. The van der Waals surface area contributed by atoms with E-state index in [1.807, 2.05) is 32.9 Å². The van der Waals surface area contributed by atoms with Crippen molar-refractivity contribution in [2.24, 2.45) is 0 Å². The number of quaternary nitrogens is 1. The molecule has 2 N–H and O–H groups in total. The van der Waals surface area contributed by atoms with Crippen LogP contribution in [0.5, 0.6) is 0 Å². The summed E-state index contributed by atoms with van der Waals surface area (Å²) in [6.45, 7) is 11.8. The van der Waals surface area contributed by atoms with Crippen LogP contribution in [0.2, 0.25) is 0 Å². The van der Waals surface area contributed by atoms with Crippen molar-refractivity contribution in [2.45, 2.75) is 45.9 Å². The molecule has 1 amide bonds. The molecule has 0 aliphatic carbocycles. The summed E-state index contributed by atoms with van der Waals surface area (Å²) in [5.74, 6) is -0.782. The zero-order valence-electron chi connectivity index (χ0n) is 15.6. The van der Waals surface area contributed by atoms with Gasteiger partial charge in [0.2, 0.25) is 0 Å². The van der Waals surface area contributed by atoms with Crippen molar-refractivity contribution >= 4 is 11.9 Å². The third-order valence-electron chi connectivity index (χ3n) is 3.99. The van der Waals surface area contributed by atoms with Gasteiger partial charge < -0.3 is 19.7 Å². The Kier molecular flexibility index (Phi) is 6.56. The summed E-state index contributed by atoms with van der Waals surface area (Å²) in [5, 5.41) is 2.80. The second-order valence-corrected chi connectivity index (χ2v) is 7.52. The van der Waals surface area contributed by atoms with Gasteiger partial charge in [0, 0.05) is 11.1 Å². The third-order valence-corrected chi connectivity index (χ3v) is 3.99. The summed E-state index contributed by atoms with van der Waals surface area (Å²) in [4.78, 5) is 25.7. The monoisotopic (exact) mass is 349 g/mol. The van der Waals surface area contributed by atoms with Crippen LogP contribution in [0.1, 0.15) is 43.6 Å². The zero-order valence-corrected chi connectivity index (χ0v) is 15.6. The van der Waals surface area contributed by atoms with Crippen LogP contribution >= 0.6 is 0 Å². The third kappa shape index (κ3) is 6.48. The largest absolute Gasteiger partial charge is 0.449 e. The SMILES string of the molecule is C[C@@H](OC(=O)c1ccc(C[NH+]2CCOCC2)cc1)C(=O)NC(C)(C)C. The highest BCUT2D eigenvalue weighted by Gasteiger charge is 2.23. The Balaban J connectivity index is 1.88. The van der Waals surface area contributed by atoms with Crippen molar-refractivity contribution in [2.75, 3.05) is 26.3 Å². The molecule has 6 heteroatoms. The fourth-order valence-electron chi connectivity index (χ4n) is 2.64. The first kappa shape index (κ1) is 19.4. The Morgan fingerprint density at radius 2 is 1.80 bits per heavy atom. The molecule has 0 bridgehead atoms. The number of rotatable bonds is 5. The van der Waals surface area contributed by atoms with Crippen LogP contribution in [-0.2, 0) is 20.8 Å². The van der Waals surface area contributed by atoms with Gasteiger partial charge in [-0.25, -0.2) is 4.79 Å². The van der Waals surface area contributed by atoms with Gasteiger partial charge in [-0.3, -0.25) is 4.79 Å². The maximum absolute atomic E-state index is 12.2. The van der Waals surface area contributed by atoms with Crippen LogP contribution in [0.3, 0.4) is 0 Å². The summed E-state index contributed by atoms with van der Waals surface area (Å²) in [7, 11) is 0. The number of hydrogen-bond donors (Lipinski definition) is 2. The molecule has 0 saturated carbocycles. The highest BCUT2D eigenvalue weighted by atomic mass is 16.5. The minimum absolute atomic E-state index is 0.298. The van der Waals surface area contributed by atoms with Crippen LogP contribution in [-0.4, -0.2) is 49.8 Å². The van der Waals surface area contributed by atoms with E-state index in [1.165, 1.54) is 10.5 Å². The van der Waals surface area contributed by atoms with Crippen LogP contribution in [0.15, 0.2) is 24.3 Å². The summed E-state index contributed by atoms with van der Waals surface area (Å²) in [6.07, 6.45) is -0.829. The Labute approximate surface area is 149 Å². The lowest BCUT2D eigenvalue weighted by Crippen LogP contribution is -3.12. The van der Waals surface area contributed by atoms with Gasteiger partial charge >= 0.3 is 5.97 Å². The normalized spacial score (nSPS) is 17.0. The summed E-state index contributed by atoms with van der Waals surface area (Å²) in [6, 6.07) is 7.40. The van der Waals surface area contributed by atoms with Crippen LogP contribution in [0.25, 0.3) is 0 Å². The summed E-state index contributed by atoms with van der Waals surface area (Å²) < 4.78 is 10.6. The Morgan fingerprint density at radius 3 is 2.36 bits per heavy atom. The van der Waals surface area contributed by atoms with E-state index in [1.54, 1.807) is 19.1 Å². The molecule has 0 radical (unpaired) electrons. The molecule has 2 rings (SSSR count). The van der Waals surface area contributed by atoms with Crippen LogP contribution in [0, 0.1) is 0 Å². The van der Waals surface area contributed by atoms with E-state index in [0.29, 0.717) is 5.56 Å². The molecular weight excluding hydrogens is 320 g/mol. The highest BCUT2D eigenvalue weighted by molar-refractivity contribution is 5.92. The van der Waals surface area contributed by atoms with E-state index < -0.39 is 12.1 Å². The number of benzene rings is 1. The van der Waals surface area contributed by atoms with E-state index in [9.17, 15) is 9.59 Å². The molecule has 25 heavy (non-hydrogen) atoms. The van der Waals surface area contributed by atoms with Crippen molar-refractivity contribution < 1.29 is 24.0 Å². The number of esters is 1. The minimum atomic E-state index is -0.829. The number of morpholine rings is 1. The van der Waals surface area contributed by atoms with Gasteiger partial charge in [-0.1, -0.05) is 12.1 Å². The molecule has 1 aromatic rings. The lowest BCUT2D eigenvalue weighted by Gasteiger charge is -2.24. The molecule has 1 aromatic carbocycles. The number of hydrogen-bond acceptors (Lipinski definition) is 4. The molecule has 1 aliphatic heterocycles. The van der Waals surface area contributed by atoms with Gasteiger partial charge in [-0.05, 0) is 39.8 Å². The number of nitrogens with one attached hydrogen (secondary N) is 2. The second kappa shape index (κ2) is 8.45. The number of carbonyl (C=O) groups is 2. The lowest BCUT2D eigenvalue weighted by molar-refractivity contribution is -0.921.